The van der Waals surface area contributed by atoms with E-state index >= 15 is 0 Å². The first-order valence-corrected chi connectivity index (χ1v) is 10.3. The number of benzene rings is 2. The topological polar surface area (TPSA) is 35.6 Å². The number of thioether (sulfide) groups is 1. The van der Waals surface area contributed by atoms with Crippen molar-refractivity contribution in [1.29, 1.82) is 0 Å². The smallest absolute Gasteiger partial charge is 0.230 e. The molecule has 0 aliphatic carbocycles. The number of anilines is 1. The van der Waals surface area contributed by atoms with Gasteiger partial charge in [0.1, 0.15) is 5.82 Å². The standard InChI is InChI=1S/C21H26FN3OS/c1-17-2-8-20(9-3-17)27-16-21(26)23-10-11-24-12-14-25(15-13-24)19-6-4-18(22)5-7-19/h2-9H,10-16H2,1H3,(H,23,26). The highest BCUT2D eigenvalue weighted by atomic mass is 32.2. The largest absolute Gasteiger partial charge is 0.369 e. The number of aryl methyl sites for hydroxylation is 1. The summed E-state index contributed by atoms with van der Waals surface area (Å²) in [6, 6.07) is 14.9. The molecule has 1 saturated heterocycles. The zero-order chi connectivity index (χ0) is 19.1. The van der Waals surface area contributed by atoms with Gasteiger partial charge in [0.05, 0.1) is 5.75 Å². The van der Waals surface area contributed by atoms with Crippen LogP contribution in [0.2, 0.25) is 0 Å². The number of nitrogens with one attached hydrogen (secondary N) is 1. The zero-order valence-electron chi connectivity index (χ0n) is 15.7. The van der Waals surface area contributed by atoms with Crippen LogP contribution in [0.1, 0.15) is 5.56 Å². The number of hydrogen-bond donors (Lipinski definition) is 1. The Hall–Kier alpha value is -2.05. The summed E-state index contributed by atoms with van der Waals surface area (Å²) in [5.41, 5.74) is 2.29. The van der Waals surface area contributed by atoms with E-state index in [1.54, 1.807) is 11.8 Å². The van der Waals surface area contributed by atoms with Gasteiger partial charge in [-0.2, -0.15) is 0 Å². The van der Waals surface area contributed by atoms with E-state index in [4.69, 9.17) is 0 Å². The van der Waals surface area contributed by atoms with E-state index in [1.807, 2.05) is 24.3 Å². The monoisotopic (exact) mass is 387 g/mol. The molecule has 2 aromatic carbocycles. The summed E-state index contributed by atoms with van der Waals surface area (Å²) in [5, 5.41) is 3.00. The molecule has 1 aliphatic heterocycles. The number of hydrogen-bond acceptors (Lipinski definition) is 4. The maximum atomic E-state index is 13.0. The Morgan fingerprint density at radius 3 is 2.37 bits per heavy atom. The van der Waals surface area contributed by atoms with E-state index < -0.39 is 0 Å². The van der Waals surface area contributed by atoms with Crippen molar-refractivity contribution < 1.29 is 9.18 Å². The van der Waals surface area contributed by atoms with Crippen molar-refractivity contribution in [2.24, 2.45) is 0 Å². The Bertz CT molecular complexity index is 728. The Balaban J connectivity index is 1.31. The molecule has 4 nitrogen and oxygen atoms in total. The molecule has 0 aromatic heterocycles. The van der Waals surface area contributed by atoms with E-state index in [1.165, 1.54) is 17.7 Å². The van der Waals surface area contributed by atoms with Crippen molar-refractivity contribution in [3.63, 3.8) is 0 Å². The Kier molecular flexibility index (Phi) is 7.12. The van der Waals surface area contributed by atoms with Gasteiger partial charge in [0.15, 0.2) is 0 Å². The molecule has 0 saturated carbocycles. The van der Waals surface area contributed by atoms with Crippen LogP contribution in [0.25, 0.3) is 0 Å². The summed E-state index contributed by atoms with van der Waals surface area (Å²) >= 11 is 1.56. The van der Waals surface area contributed by atoms with E-state index in [9.17, 15) is 9.18 Å². The van der Waals surface area contributed by atoms with Gasteiger partial charge < -0.3 is 10.2 Å². The van der Waals surface area contributed by atoms with Gasteiger partial charge in [-0.15, -0.1) is 11.8 Å². The number of halogens is 1. The fourth-order valence-corrected chi connectivity index (χ4v) is 3.80. The maximum absolute atomic E-state index is 13.0. The molecule has 27 heavy (non-hydrogen) atoms. The van der Waals surface area contributed by atoms with Crippen LogP contribution in [0.15, 0.2) is 53.4 Å². The lowest BCUT2D eigenvalue weighted by Gasteiger charge is -2.36. The van der Waals surface area contributed by atoms with Crippen molar-refractivity contribution in [3.05, 3.63) is 59.9 Å². The molecule has 1 heterocycles. The second-order valence-electron chi connectivity index (χ2n) is 6.76. The van der Waals surface area contributed by atoms with Crippen molar-refractivity contribution in [2.45, 2.75) is 11.8 Å². The van der Waals surface area contributed by atoms with Gasteiger partial charge in [-0.05, 0) is 43.3 Å². The minimum absolute atomic E-state index is 0.0746. The molecule has 1 N–H and O–H groups in total. The summed E-state index contributed by atoms with van der Waals surface area (Å²) in [6.07, 6.45) is 0. The van der Waals surface area contributed by atoms with Crippen LogP contribution in [-0.2, 0) is 4.79 Å². The lowest BCUT2D eigenvalue weighted by molar-refractivity contribution is -0.118. The van der Waals surface area contributed by atoms with E-state index in [0.29, 0.717) is 12.3 Å². The first-order chi connectivity index (χ1) is 13.1. The van der Waals surface area contributed by atoms with Gasteiger partial charge in [-0.1, -0.05) is 17.7 Å². The highest BCUT2D eigenvalue weighted by Gasteiger charge is 2.17. The molecule has 0 radical (unpaired) electrons. The molecular weight excluding hydrogens is 361 g/mol. The highest BCUT2D eigenvalue weighted by molar-refractivity contribution is 8.00. The van der Waals surface area contributed by atoms with Crippen molar-refractivity contribution in [3.8, 4) is 0 Å². The van der Waals surface area contributed by atoms with E-state index in [0.717, 1.165) is 43.3 Å². The summed E-state index contributed by atoms with van der Waals surface area (Å²) in [6.45, 7) is 7.32. The minimum atomic E-state index is -0.200. The average Bonchev–Trinajstić information content (AvgIpc) is 2.69. The lowest BCUT2D eigenvalue weighted by Crippen LogP contribution is -2.48. The van der Waals surface area contributed by atoms with Gasteiger partial charge in [-0.3, -0.25) is 9.69 Å². The van der Waals surface area contributed by atoms with Gasteiger partial charge >= 0.3 is 0 Å². The molecule has 0 atom stereocenters. The van der Waals surface area contributed by atoms with Crippen molar-refractivity contribution in [2.75, 3.05) is 49.9 Å². The molecule has 1 aliphatic rings. The predicted molar refractivity (Wildman–Crippen MR) is 110 cm³/mol. The third kappa shape index (κ3) is 6.26. The molecule has 6 heteroatoms. The van der Waals surface area contributed by atoms with Crippen LogP contribution in [-0.4, -0.2) is 55.8 Å². The molecule has 3 rings (SSSR count). The van der Waals surface area contributed by atoms with Crippen LogP contribution in [0, 0.1) is 12.7 Å². The predicted octanol–water partition coefficient (Wildman–Crippen LogP) is 3.16. The third-order valence-electron chi connectivity index (χ3n) is 4.71. The zero-order valence-corrected chi connectivity index (χ0v) is 16.5. The van der Waals surface area contributed by atoms with Crippen LogP contribution in [0.3, 0.4) is 0 Å². The molecule has 144 valence electrons. The number of rotatable bonds is 7. The maximum Gasteiger partial charge on any atom is 0.230 e. The first-order valence-electron chi connectivity index (χ1n) is 9.29. The van der Waals surface area contributed by atoms with Crippen LogP contribution in [0.5, 0.6) is 0 Å². The molecule has 1 fully saturated rings. The quantitative estimate of drug-likeness (QED) is 0.741. The molecule has 2 aromatic rings. The van der Waals surface area contributed by atoms with Crippen LogP contribution < -0.4 is 10.2 Å². The lowest BCUT2D eigenvalue weighted by atomic mass is 10.2. The van der Waals surface area contributed by atoms with Gasteiger partial charge in [-0.25, -0.2) is 4.39 Å². The molecular formula is C21H26FN3OS. The van der Waals surface area contributed by atoms with E-state index in [2.05, 4.69) is 34.2 Å². The first kappa shape index (κ1) is 19.7. The van der Waals surface area contributed by atoms with Crippen molar-refractivity contribution >= 4 is 23.4 Å². The minimum Gasteiger partial charge on any atom is -0.369 e. The number of piperazine rings is 1. The average molecular weight is 388 g/mol. The number of carbonyl (C=O) groups excluding carboxylic acids is 1. The van der Waals surface area contributed by atoms with Gasteiger partial charge in [0.2, 0.25) is 5.91 Å². The molecule has 0 unspecified atom stereocenters. The normalized spacial score (nSPS) is 15.0. The molecule has 0 bridgehead atoms. The van der Waals surface area contributed by atoms with Gasteiger partial charge in [0, 0.05) is 49.9 Å². The summed E-state index contributed by atoms with van der Waals surface area (Å²) < 4.78 is 13.0. The summed E-state index contributed by atoms with van der Waals surface area (Å²) in [7, 11) is 0. The van der Waals surface area contributed by atoms with Crippen LogP contribution >= 0.6 is 11.8 Å². The molecule has 0 spiro atoms. The van der Waals surface area contributed by atoms with Gasteiger partial charge in [0.25, 0.3) is 0 Å². The SMILES string of the molecule is Cc1ccc(SCC(=O)NCCN2CCN(c3ccc(F)cc3)CC2)cc1. The second-order valence-corrected chi connectivity index (χ2v) is 7.81. The number of carbonyl (C=O) groups is 1. The fourth-order valence-electron chi connectivity index (χ4n) is 3.07. The summed E-state index contributed by atoms with van der Waals surface area (Å²) in [5.74, 6) is 0.320. The van der Waals surface area contributed by atoms with Crippen LogP contribution in [0.4, 0.5) is 10.1 Å². The van der Waals surface area contributed by atoms with Crippen molar-refractivity contribution in [1.82, 2.24) is 10.2 Å². The van der Waals surface area contributed by atoms with E-state index in [-0.39, 0.29) is 11.7 Å². The fraction of sp³-hybridized carbons (Fsp3) is 0.381. The molecule has 1 amide bonds. The summed E-state index contributed by atoms with van der Waals surface area (Å²) in [4.78, 5) is 17.7. The third-order valence-corrected chi connectivity index (χ3v) is 5.72. The second kappa shape index (κ2) is 9.76. The number of nitrogens with zero attached hydrogens (tertiary/aromatic N) is 2. The Morgan fingerprint density at radius 1 is 1.04 bits per heavy atom. The Labute approximate surface area is 164 Å². The highest BCUT2D eigenvalue weighted by Crippen LogP contribution is 2.18. The number of amides is 1. The Morgan fingerprint density at radius 2 is 1.70 bits per heavy atom.